The first-order chi connectivity index (χ1) is 7.48. The van der Waals surface area contributed by atoms with E-state index in [1.807, 2.05) is 0 Å². The molecule has 2 rings (SSSR count). The second-order valence-corrected chi connectivity index (χ2v) is 4.64. The molecule has 0 unspecified atom stereocenters. The molecule has 1 aromatic heterocycles. The van der Waals surface area contributed by atoms with Crippen LogP contribution in [0, 0.1) is 0 Å². The molecule has 0 aliphatic rings. The zero-order valence-corrected chi connectivity index (χ0v) is 8.92. The molecule has 0 saturated carbocycles. The van der Waals surface area contributed by atoms with Gasteiger partial charge in [-0.1, -0.05) is 5.21 Å². The van der Waals surface area contributed by atoms with Crippen LogP contribution in [-0.4, -0.2) is 23.4 Å². The molecular weight excluding hydrogens is 230 g/mol. The maximum atomic E-state index is 11.1. The minimum absolute atomic E-state index is 0.0792. The molecule has 84 valence electrons. The van der Waals surface area contributed by atoms with Crippen molar-refractivity contribution >= 4 is 15.7 Å². The zero-order valence-electron chi connectivity index (χ0n) is 8.11. The molecule has 0 amide bonds. The lowest BCUT2D eigenvalue weighted by molar-refractivity contribution is 0.598. The van der Waals surface area contributed by atoms with E-state index in [4.69, 9.17) is 10.9 Å². The van der Waals surface area contributed by atoms with E-state index in [1.54, 1.807) is 12.3 Å². The second kappa shape index (κ2) is 3.58. The van der Waals surface area contributed by atoms with Gasteiger partial charge in [0.2, 0.25) is 10.0 Å². The van der Waals surface area contributed by atoms with Gasteiger partial charge >= 0.3 is 0 Å². The number of sulfonamides is 1. The average Bonchev–Trinajstić information content (AvgIpc) is 2.68. The van der Waals surface area contributed by atoms with Crippen LogP contribution in [0.15, 0.2) is 35.5 Å². The van der Waals surface area contributed by atoms with Gasteiger partial charge in [0, 0.05) is 0 Å². The summed E-state index contributed by atoms with van der Waals surface area (Å²) >= 11 is 0. The minimum atomic E-state index is -3.79. The Morgan fingerprint density at radius 3 is 2.56 bits per heavy atom. The summed E-state index contributed by atoms with van der Waals surface area (Å²) in [6.45, 7) is 0. The Balaban J connectivity index is 2.53. The van der Waals surface area contributed by atoms with E-state index in [-0.39, 0.29) is 10.6 Å². The highest BCUT2D eigenvalue weighted by Crippen LogP contribution is 2.19. The molecule has 0 spiro atoms. The van der Waals surface area contributed by atoms with Crippen molar-refractivity contribution in [1.82, 2.24) is 15.0 Å². The smallest absolute Gasteiger partial charge is 0.240 e. The van der Waals surface area contributed by atoms with Gasteiger partial charge in [0.25, 0.3) is 0 Å². The summed E-state index contributed by atoms with van der Waals surface area (Å²) in [4.78, 5) is -0.101. The molecule has 7 nitrogen and oxygen atoms in total. The Morgan fingerprint density at radius 1 is 1.31 bits per heavy atom. The molecule has 0 fully saturated rings. The predicted molar refractivity (Wildman–Crippen MR) is 57.1 cm³/mol. The van der Waals surface area contributed by atoms with Gasteiger partial charge in [-0.15, -0.1) is 5.10 Å². The summed E-state index contributed by atoms with van der Waals surface area (Å²) in [5.74, 6) is 0. The van der Waals surface area contributed by atoms with Crippen LogP contribution in [0.5, 0.6) is 0 Å². The van der Waals surface area contributed by atoms with E-state index in [1.165, 1.54) is 23.0 Å². The number of benzene rings is 1. The van der Waals surface area contributed by atoms with E-state index >= 15 is 0 Å². The lowest BCUT2D eigenvalue weighted by Gasteiger charge is -2.05. The number of nitrogen functional groups attached to an aromatic ring is 1. The minimum Gasteiger partial charge on any atom is -0.398 e. The molecule has 0 saturated heterocycles. The SMILES string of the molecule is Nc1cc(-n2ccnn2)ccc1S(N)(=O)=O. The quantitative estimate of drug-likeness (QED) is 0.685. The number of nitrogens with zero attached hydrogens (tertiary/aromatic N) is 3. The van der Waals surface area contributed by atoms with Crippen molar-refractivity contribution in [1.29, 1.82) is 0 Å². The van der Waals surface area contributed by atoms with Crippen molar-refractivity contribution in [3.8, 4) is 5.69 Å². The van der Waals surface area contributed by atoms with Gasteiger partial charge in [0.15, 0.2) is 0 Å². The monoisotopic (exact) mass is 239 g/mol. The molecule has 0 atom stereocenters. The van der Waals surface area contributed by atoms with E-state index in [0.717, 1.165) is 0 Å². The summed E-state index contributed by atoms with van der Waals surface area (Å²) in [5, 5.41) is 12.4. The van der Waals surface area contributed by atoms with Gasteiger partial charge in [-0.05, 0) is 18.2 Å². The molecule has 8 heteroatoms. The van der Waals surface area contributed by atoms with Crippen LogP contribution in [0.3, 0.4) is 0 Å². The number of hydrogen-bond donors (Lipinski definition) is 2. The summed E-state index contributed by atoms with van der Waals surface area (Å²) < 4.78 is 23.7. The van der Waals surface area contributed by atoms with Gasteiger partial charge in [-0.3, -0.25) is 0 Å². The number of anilines is 1. The third-order valence-electron chi connectivity index (χ3n) is 1.99. The van der Waals surface area contributed by atoms with Gasteiger partial charge in [-0.2, -0.15) is 0 Å². The van der Waals surface area contributed by atoms with Crippen molar-refractivity contribution in [2.45, 2.75) is 4.90 Å². The Hall–Kier alpha value is -1.93. The van der Waals surface area contributed by atoms with Crippen molar-refractivity contribution in [2.24, 2.45) is 5.14 Å². The lowest BCUT2D eigenvalue weighted by Crippen LogP contribution is -2.14. The van der Waals surface area contributed by atoms with Crippen LogP contribution < -0.4 is 10.9 Å². The number of primary sulfonamides is 1. The Labute approximate surface area is 91.7 Å². The van der Waals surface area contributed by atoms with Crippen molar-refractivity contribution in [3.63, 3.8) is 0 Å². The maximum Gasteiger partial charge on any atom is 0.240 e. The topological polar surface area (TPSA) is 117 Å². The first-order valence-corrected chi connectivity index (χ1v) is 5.82. The van der Waals surface area contributed by atoms with E-state index in [9.17, 15) is 8.42 Å². The largest absolute Gasteiger partial charge is 0.398 e. The van der Waals surface area contributed by atoms with Crippen LogP contribution in [0.4, 0.5) is 5.69 Å². The first kappa shape index (κ1) is 10.6. The second-order valence-electron chi connectivity index (χ2n) is 3.11. The number of nitrogens with two attached hydrogens (primary N) is 2. The summed E-state index contributed by atoms with van der Waals surface area (Å²) in [6, 6.07) is 4.35. The van der Waals surface area contributed by atoms with Crippen LogP contribution in [0.1, 0.15) is 0 Å². The fraction of sp³-hybridized carbons (Fsp3) is 0. The molecule has 1 aromatic carbocycles. The fourth-order valence-corrected chi connectivity index (χ4v) is 1.93. The van der Waals surface area contributed by atoms with Crippen LogP contribution in [0.25, 0.3) is 5.69 Å². The molecule has 1 heterocycles. The number of aromatic nitrogens is 3. The Bertz CT molecular complexity index is 605. The third-order valence-corrected chi connectivity index (χ3v) is 2.97. The third kappa shape index (κ3) is 1.88. The summed E-state index contributed by atoms with van der Waals surface area (Å²) in [7, 11) is -3.79. The molecular formula is C8H9N5O2S. The lowest BCUT2D eigenvalue weighted by atomic mass is 10.3. The van der Waals surface area contributed by atoms with Gasteiger partial charge in [0.05, 0.1) is 23.8 Å². The van der Waals surface area contributed by atoms with Crippen molar-refractivity contribution < 1.29 is 8.42 Å². The van der Waals surface area contributed by atoms with Gasteiger partial charge in [-0.25, -0.2) is 18.2 Å². The normalized spacial score (nSPS) is 11.6. The molecule has 2 aromatic rings. The molecule has 0 aliphatic carbocycles. The molecule has 0 radical (unpaired) electrons. The maximum absolute atomic E-state index is 11.1. The number of hydrogen-bond acceptors (Lipinski definition) is 5. The molecule has 16 heavy (non-hydrogen) atoms. The fourth-order valence-electron chi connectivity index (χ4n) is 1.28. The highest BCUT2D eigenvalue weighted by Gasteiger charge is 2.12. The van der Waals surface area contributed by atoms with Gasteiger partial charge < -0.3 is 5.73 Å². The van der Waals surface area contributed by atoms with E-state index in [0.29, 0.717) is 5.69 Å². The predicted octanol–water partition coefficient (Wildman–Crippen LogP) is -0.503. The average molecular weight is 239 g/mol. The molecule has 4 N–H and O–H groups in total. The van der Waals surface area contributed by atoms with Crippen LogP contribution in [0.2, 0.25) is 0 Å². The highest BCUT2D eigenvalue weighted by molar-refractivity contribution is 7.89. The van der Waals surface area contributed by atoms with Gasteiger partial charge in [0.1, 0.15) is 4.90 Å². The van der Waals surface area contributed by atoms with E-state index < -0.39 is 10.0 Å². The first-order valence-electron chi connectivity index (χ1n) is 4.27. The van der Waals surface area contributed by atoms with Crippen molar-refractivity contribution in [2.75, 3.05) is 5.73 Å². The zero-order chi connectivity index (χ0) is 11.8. The number of rotatable bonds is 2. The summed E-state index contributed by atoms with van der Waals surface area (Å²) in [5.41, 5.74) is 6.29. The van der Waals surface area contributed by atoms with Crippen LogP contribution >= 0.6 is 0 Å². The Morgan fingerprint density at radius 2 is 2.06 bits per heavy atom. The van der Waals surface area contributed by atoms with E-state index in [2.05, 4.69) is 10.3 Å². The molecule has 0 bridgehead atoms. The highest BCUT2D eigenvalue weighted by atomic mass is 32.2. The van der Waals surface area contributed by atoms with Crippen LogP contribution in [-0.2, 0) is 10.0 Å². The van der Waals surface area contributed by atoms with Crippen molar-refractivity contribution in [3.05, 3.63) is 30.6 Å². The Kier molecular flexibility index (Phi) is 2.37. The molecule has 0 aliphatic heterocycles. The standard InChI is InChI=1S/C8H9N5O2S/c9-7-5-6(13-4-3-11-12-13)1-2-8(7)16(10,14)15/h1-5H,9H2,(H2,10,14,15). The summed E-state index contributed by atoms with van der Waals surface area (Å²) in [6.07, 6.45) is 3.12.